The van der Waals surface area contributed by atoms with E-state index in [-0.39, 0.29) is 18.7 Å². The molecule has 0 saturated carbocycles. The topological polar surface area (TPSA) is 55.8 Å². The van der Waals surface area contributed by atoms with Crippen molar-refractivity contribution >= 4 is 28.6 Å². The van der Waals surface area contributed by atoms with Gasteiger partial charge in [-0.1, -0.05) is 12.1 Å². The molecular weight excluding hydrogens is 382 g/mol. The molecule has 1 aliphatic rings. The number of likely N-dealkylation sites (tertiary alicyclic amines) is 1. The summed E-state index contributed by atoms with van der Waals surface area (Å²) in [4.78, 5) is 15.2. The first-order valence-electron chi connectivity index (χ1n) is 9.34. The summed E-state index contributed by atoms with van der Waals surface area (Å²) in [6, 6.07) is 7.74. The van der Waals surface area contributed by atoms with Gasteiger partial charge in [-0.05, 0) is 35.7 Å². The van der Waals surface area contributed by atoms with Gasteiger partial charge in [0.15, 0.2) is 6.10 Å². The SMILES string of the molecule is C[N+]1(C)CCC(OC(=O)C(OCCCCO)(c2cccs2)c2cccs2)C1. The van der Waals surface area contributed by atoms with Crippen LogP contribution in [-0.2, 0) is 19.9 Å². The molecule has 0 amide bonds. The van der Waals surface area contributed by atoms with Gasteiger partial charge in [-0.25, -0.2) is 4.79 Å². The average molecular weight is 411 g/mol. The zero-order chi connectivity index (χ0) is 19.3. The minimum Gasteiger partial charge on any atom is -0.453 e. The molecule has 3 rings (SSSR count). The Bertz CT molecular complexity index is 678. The normalized spacial score (nSPS) is 19.3. The van der Waals surface area contributed by atoms with Crippen molar-refractivity contribution in [3.63, 3.8) is 0 Å². The van der Waals surface area contributed by atoms with Gasteiger partial charge in [0.25, 0.3) is 0 Å². The van der Waals surface area contributed by atoms with Crippen LogP contribution in [0.15, 0.2) is 35.0 Å². The molecule has 0 spiro atoms. The summed E-state index contributed by atoms with van der Waals surface area (Å²) >= 11 is 3.01. The van der Waals surface area contributed by atoms with Crippen molar-refractivity contribution in [2.75, 3.05) is 40.4 Å². The van der Waals surface area contributed by atoms with Crippen LogP contribution in [-0.4, -0.2) is 62.1 Å². The van der Waals surface area contributed by atoms with E-state index in [1.807, 2.05) is 35.0 Å². The highest BCUT2D eigenvalue weighted by Crippen LogP contribution is 2.41. The minimum absolute atomic E-state index is 0.0900. The lowest BCUT2D eigenvalue weighted by atomic mass is 9.99. The largest absolute Gasteiger partial charge is 0.453 e. The molecule has 0 aliphatic carbocycles. The Morgan fingerprint density at radius 1 is 1.22 bits per heavy atom. The Hall–Kier alpha value is -1.25. The second kappa shape index (κ2) is 8.84. The van der Waals surface area contributed by atoms with Crippen LogP contribution in [0.1, 0.15) is 29.0 Å². The quantitative estimate of drug-likeness (QED) is 0.392. The first kappa shape index (κ1) is 20.5. The predicted molar refractivity (Wildman–Crippen MR) is 108 cm³/mol. The Balaban J connectivity index is 1.89. The number of carbonyl (C=O) groups excluding carboxylic acids is 1. The van der Waals surface area contributed by atoms with Crippen molar-refractivity contribution in [3.8, 4) is 0 Å². The molecular formula is C20H28NO4S2+. The smallest absolute Gasteiger partial charge is 0.350 e. The Morgan fingerprint density at radius 3 is 2.37 bits per heavy atom. The van der Waals surface area contributed by atoms with Gasteiger partial charge in [-0.15, -0.1) is 22.7 Å². The highest BCUT2D eigenvalue weighted by atomic mass is 32.1. The molecule has 1 saturated heterocycles. The molecule has 2 aromatic heterocycles. The summed E-state index contributed by atoms with van der Waals surface area (Å²) in [6.07, 6.45) is 2.12. The first-order valence-corrected chi connectivity index (χ1v) is 11.1. The number of quaternary nitrogens is 1. The van der Waals surface area contributed by atoms with Crippen molar-refractivity contribution < 1.29 is 23.9 Å². The zero-order valence-electron chi connectivity index (χ0n) is 15.9. The number of carbonyl (C=O) groups is 1. The van der Waals surface area contributed by atoms with E-state index in [1.165, 1.54) is 22.7 Å². The third kappa shape index (κ3) is 4.60. The highest BCUT2D eigenvalue weighted by Gasteiger charge is 2.49. The average Bonchev–Trinajstić information content (AvgIpc) is 3.37. The lowest BCUT2D eigenvalue weighted by molar-refractivity contribution is -0.879. The van der Waals surface area contributed by atoms with Crippen LogP contribution < -0.4 is 0 Å². The highest BCUT2D eigenvalue weighted by molar-refractivity contribution is 7.12. The van der Waals surface area contributed by atoms with E-state index in [1.54, 1.807) is 0 Å². The van der Waals surface area contributed by atoms with E-state index in [4.69, 9.17) is 14.6 Å². The Kier molecular flexibility index (Phi) is 6.70. The summed E-state index contributed by atoms with van der Waals surface area (Å²) in [5, 5.41) is 13.0. The molecule has 3 heterocycles. The van der Waals surface area contributed by atoms with E-state index in [0.717, 1.165) is 33.7 Å². The number of likely N-dealkylation sites (N-methyl/N-ethyl adjacent to an activating group) is 1. The van der Waals surface area contributed by atoms with Crippen LogP contribution in [0.4, 0.5) is 0 Å². The van der Waals surface area contributed by atoms with Gasteiger partial charge < -0.3 is 19.1 Å². The minimum atomic E-state index is -1.22. The fourth-order valence-corrected chi connectivity index (χ4v) is 5.30. The van der Waals surface area contributed by atoms with Crippen molar-refractivity contribution in [1.82, 2.24) is 0 Å². The molecule has 1 fully saturated rings. The van der Waals surface area contributed by atoms with E-state index >= 15 is 0 Å². The summed E-state index contributed by atoms with van der Waals surface area (Å²) in [6.45, 7) is 2.33. The number of ether oxygens (including phenoxy) is 2. The van der Waals surface area contributed by atoms with Gasteiger partial charge in [-0.2, -0.15) is 0 Å². The standard InChI is InChI=1S/C20H28NO4S2/c1-21(2)10-9-16(15-21)25-19(23)20(17-7-5-13-26-17,18-8-6-14-27-18)24-12-4-3-11-22/h5-8,13-14,16,22H,3-4,9-12,15H2,1-2H3/q+1. The molecule has 1 unspecified atom stereocenters. The molecule has 7 heteroatoms. The van der Waals surface area contributed by atoms with Crippen molar-refractivity contribution in [1.29, 1.82) is 0 Å². The van der Waals surface area contributed by atoms with Crippen LogP contribution in [0.3, 0.4) is 0 Å². The number of hydrogen-bond donors (Lipinski definition) is 1. The number of aliphatic hydroxyl groups is 1. The van der Waals surface area contributed by atoms with Crippen LogP contribution in [0.25, 0.3) is 0 Å². The van der Waals surface area contributed by atoms with Gasteiger partial charge in [0.2, 0.25) is 5.60 Å². The molecule has 0 bridgehead atoms. The molecule has 2 aromatic rings. The third-order valence-electron chi connectivity index (χ3n) is 4.92. The fourth-order valence-electron chi connectivity index (χ4n) is 3.48. The monoisotopic (exact) mass is 410 g/mol. The molecule has 27 heavy (non-hydrogen) atoms. The second-order valence-corrected chi connectivity index (χ2v) is 9.47. The molecule has 0 radical (unpaired) electrons. The number of aliphatic hydroxyl groups excluding tert-OH is 1. The van der Waals surface area contributed by atoms with E-state index < -0.39 is 5.60 Å². The number of hydrogen-bond acceptors (Lipinski definition) is 6. The third-order valence-corrected chi connectivity index (χ3v) is 6.86. The van der Waals surface area contributed by atoms with E-state index in [9.17, 15) is 4.79 Å². The maximum Gasteiger partial charge on any atom is 0.350 e. The van der Waals surface area contributed by atoms with E-state index in [0.29, 0.717) is 19.4 Å². The summed E-state index contributed by atoms with van der Waals surface area (Å²) in [5.41, 5.74) is -1.22. The van der Waals surface area contributed by atoms with Crippen LogP contribution in [0.2, 0.25) is 0 Å². The predicted octanol–water partition coefficient (Wildman–Crippen LogP) is 3.23. The summed E-state index contributed by atoms with van der Waals surface area (Å²) in [7, 11) is 4.32. The van der Waals surface area contributed by atoms with Gasteiger partial charge in [0.05, 0.1) is 30.4 Å². The van der Waals surface area contributed by atoms with Crippen molar-refractivity contribution in [2.45, 2.75) is 31.0 Å². The zero-order valence-corrected chi connectivity index (χ0v) is 17.6. The number of thiophene rings is 2. The molecule has 1 aliphatic heterocycles. The lowest BCUT2D eigenvalue weighted by Crippen LogP contribution is -2.43. The maximum atomic E-state index is 13.5. The maximum absolute atomic E-state index is 13.5. The van der Waals surface area contributed by atoms with Crippen LogP contribution in [0, 0.1) is 0 Å². The number of rotatable bonds is 9. The number of esters is 1. The number of nitrogens with zero attached hydrogens (tertiary/aromatic N) is 1. The summed E-state index contributed by atoms with van der Waals surface area (Å²) < 4.78 is 13.1. The summed E-state index contributed by atoms with van der Waals surface area (Å²) in [5.74, 6) is -0.330. The lowest BCUT2D eigenvalue weighted by Gasteiger charge is -2.31. The Morgan fingerprint density at radius 2 is 1.89 bits per heavy atom. The van der Waals surface area contributed by atoms with Crippen molar-refractivity contribution in [2.24, 2.45) is 0 Å². The molecule has 5 nitrogen and oxygen atoms in total. The van der Waals surface area contributed by atoms with Crippen LogP contribution in [0.5, 0.6) is 0 Å². The molecule has 0 aromatic carbocycles. The number of unbranched alkanes of at least 4 members (excludes halogenated alkanes) is 1. The van der Waals surface area contributed by atoms with E-state index in [2.05, 4.69) is 14.1 Å². The molecule has 1 atom stereocenters. The van der Waals surface area contributed by atoms with Crippen molar-refractivity contribution in [3.05, 3.63) is 44.8 Å². The molecule has 148 valence electrons. The van der Waals surface area contributed by atoms with Gasteiger partial charge in [-0.3, -0.25) is 0 Å². The van der Waals surface area contributed by atoms with Crippen LogP contribution >= 0.6 is 22.7 Å². The first-order chi connectivity index (χ1) is 13.0. The van der Waals surface area contributed by atoms with Gasteiger partial charge in [0, 0.05) is 19.6 Å². The van der Waals surface area contributed by atoms with Gasteiger partial charge in [0.1, 0.15) is 6.54 Å². The second-order valence-electron chi connectivity index (χ2n) is 7.57. The Labute approximate surface area is 168 Å². The molecule has 1 N–H and O–H groups in total. The fraction of sp³-hybridized carbons (Fsp3) is 0.550. The van der Waals surface area contributed by atoms with Gasteiger partial charge >= 0.3 is 5.97 Å².